The van der Waals surface area contributed by atoms with Crippen LogP contribution < -0.4 is 0 Å². The van der Waals surface area contributed by atoms with Gasteiger partial charge in [0.2, 0.25) is 0 Å². The average Bonchev–Trinajstić information content (AvgIpc) is 2.94. The van der Waals surface area contributed by atoms with Crippen LogP contribution in [0.4, 0.5) is 4.39 Å². The summed E-state index contributed by atoms with van der Waals surface area (Å²) in [7, 11) is 0. The third-order valence-electron chi connectivity index (χ3n) is 8.69. The van der Waals surface area contributed by atoms with Crippen LogP contribution in [-0.2, 0) is 9.53 Å². The summed E-state index contributed by atoms with van der Waals surface area (Å²) in [5.74, 6) is 2.40. The number of rotatable bonds is 1. The molecule has 4 aliphatic carbocycles. The molecule has 0 saturated heterocycles. The zero-order valence-corrected chi connectivity index (χ0v) is 17.0. The van der Waals surface area contributed by atoms with Gasteiger partial charge < -0.3 is 14.9 Å². The highest BCUT2D eigenvalue weighted by Gasteiger charge is 2.61. The topological polar surface area (TPSA) is 66.8 Å². The Morgan fingerprint density at radius 2 is 1.93 bits per heavy atom. The van der Waals surface area contributed by atoms with Gasteiger partial charge in [-0.1, -0.05) is 25.8 Å². The predicted molar refractivity (Wildman–Crippen MR) is 102 cm³/mol. The summed E-state index contributed by atoms with van der Waals surface area (Å²) in [6.07, 6.45) is 7.12. The number of hydrogen-bond donors (Lipinski definition) is 2. The molecule has 4 rings (SSSR count). The van der Waals surface area contributed by atoms with E-state index in [-0.39, 0.29) is 34.7 Å². The summed E-state index contributed by atoms with van der Waals surface area (Å²) < 4.78 is 18.5. The van der Waals surface area contributed by atoms with Gasteiger partial charge in [0.25, 0.3) is 0 Å². The van der Waals surface area contributed by atoms with Gasteiger partial charge in [0.05, 0.1) is 18.1 Å². The van der Waals surface area contributed by atoms with Crippen LogP contribution >= 0.6 is 0 Å². The highest BCUT2D eigenvalue weighted by atomic mass is 19.1. The average molecular weight is 390 g/mol. The standard InChI is InChI=1S/C23H31FO4/c1-13(25)28-19-7-10-22(2)16-6-9-23(3)15(4-5-20(23)27)21(16)18(26)12-17(22)14(19)8-11-24/h12,14-16,18-21,26-27H,4-7,9-10H2,1-3H3/t14?,15-,16+,18?,19?,20?,21-,22+,23-/m0/s1. The first-order valence-electron chi connectivity index (χ1n) is 10.6. The van der Waals surface area contributed by atoms with E-state index in [0.29, 0.717) is 12.3 Å². The highest BCUT2D eigenvalue weighted by Crippen LogP contribution is 2.65. The summed E-state index contributed by atoms with van der Waals surface area (Å²) in [4.78, 5) is 11.5. The molecule has 0 bridgehead atoms. The first-order chi connectivity index (χ1) is 13.2. The second kappa shape index (κ2) is 6.85. The maximum atomic E-state index is 13.1. The van der Waals surface area contributed by atoms with E-state index in [0.717, 1.165) is 37.7 Å². The summed E-state index contributed by atoms with van der Waals surface area (Å²) in [5.41, 5.74) is 0.618. The quantitative estimate of drug-likeness (QED) is 0.409. The lowest BCUT2D eigenvalue weighted by atomic mass is 9.46. The molecule has 0 aromatic carbocycles. The van der Waals surface area contributed by atoms with Gasteiger partial charge in [0, 0.05) is 6.92 Å². The maximum absolute atomic E-state index is 13.1. The lowest BCUT2D eigenvalue weighted by molar-refractivity contribution is -0.152. The van der Waals surface area contributed by atoms with Crippen molar-refractivity contribution in [3.05, 3.63) is 11.6 Å². The molecule has 0 radical (unpaired) electrons. The van der Waals surface area contributed by atoms with Crippen molar-refractivity contribution in [3.63, 3.8) is 0 Å². The van der Waals surface area contributed by atoms with Crippen molar-refractivity contribution in [1.29, 1.82) is 0 Å². The number of hydrogen-bond acceptors (Lipinski definition) is 4. The number of fused-ring (bicyclic) bond motifs is 5. The van der Waals surface area contributed by atoms with E-state index in [4.69, 9.17) is 4.74 Å². The zero-order valence-electron chi connectivity index (χ0n) is 17.0. The second-order valence-corrected chi connectivity index (χ2v) is 9.86. The number of esters is 1. The van der Waals surface area contributed by atoms with E-state index in [1.807, 2.05) is 6.08 Å². The van der Waals surface area contributed by atoms with Gasteiger partial charge in [-0.15, -0.1) is 4.39 Å². The molecule has 3 saturated carbocycles. The van der Waals surface area contributed by atoms with Crippen LogP contribution in [0.2, 0.25) is 0 Å². The molecule has 0 aliphatic heterocycles. The largest absolute Gasteiger partial charge is 0.461 e. The van der Waals surface area contributed by atoms with Gasteiger partial charge in [-0.25, -0.2) is 0 Å². The molecule has 3 fully saturated rings. The van der Waals surface area contributed by atoms with Crippen LogP contribution in [0.15, 0.2) is 11.6 Å². The maximum Gasteiger partial charge on any atom is 0.302 e. The van der Waals surface area contributed by atoms with E-state index >= 15 is 0 Å². The number of aliphatic hydroxyl groups excluding tert-OH is 2. The number of carbonyl (C=O) groups excluding carboxylic acids is 1. The Bertz CT molecular complexity index is 751. The van der Waals surface area contributed by atoms with Gasteiger partial charge in [0.1, 0.15) is 12.3 Å². The summed E-state index contributed by atoms with van der Waals surface area (Å²) >= 11 is 0. The molecule has 154 valence electrons. The Morgan fingerprint density at radius 3 is 2.61 bits per heavy atom. The molecule has 0 aromatic heterocycles. The summed E-state index contributed by atoms with van der Waals surface area (Å²) in [6.45, 7) is 5.75. The number of carbonyl (C=O) groups is 1. The molecular weight excluding hydrogens is 359 g/mol. The fourth-order valence-corrected chi connectivity index (χ4v) is 7.25. The molecular formula is C23H31FO4. The Balaban J connectivity index is 1.74. The smallest absolute Gasteiger partial charge is 0.302 e. The molecule has 4 nitrogen and oxygen atoms in total. The molecule has 0 amide bonds. The van der Waals surface area contributed by atoms with Crippen molar-refractivity contribution < 1.29 is 24.1 Å². The summed E-state index contributed by atoms with van der Waals surface area (Å²) in [5, 5.41) is 21.7. The first kappa shape index (κ1) is 19.9. The van der Waals surface area contributed by atoms with Crippen molar-refractivity contribution in [1.82, 2.24) is 0 Å². The minimum atomic E-state index is -0.636. The Hall–Kier alpha value is -1.38. The van der Waals surface area contributed by atoms with Crippen LogP contribution in [0.1, 0.15) is 59.3 Å². The highest BCUT2D eigenvalue weighted by molar-refractivity contribution is 5.66. The predicted octanol–water partition coefficient (Wildman–Crippen LogP) is 3.37. The number of halogens is 1. The van der Waals surface area contributed by atoms with E-state index in [2.05, 4.69) is 19.8 Å². The van der Waals surface area contributed by atoms with Crippen molar-refractivity contribution in [2.24, 2.45) is 34.5 Å². The van der Waals surface area contributed by atoms with Crippen molar-refractivity contribution in [2.45, 2.75) is 77.6 Å². The SMILES string of the molecule is CC(=O)OC1CC[C@@]2(C)C(=CC(O)[C@@H]3[C@H]2CC[C@]2(C)C(O)CC[C@@H]32)C1C#CF. The Labute approximate surface area is 166 Å². The molecule has 28 heavy (non-hydrogen) atoms. The second-order valence-electron chi connectivity index (χ2n) is 9.86. The third-order valence-corrected chi connectivity index (χ3v) is 8.69. The van der Waals surface area contributed by atoms with E-state index in [1.165, 1.54) is 13.1 Å². The molecule has 0 spiro atoms. The molecule has 0 aromatic rings. The Morgan fingerprint density at radius 1 is 1.18 bits per heavy atom. The lowest BCUT2D eigenvalue weighted by Crippen LogP contribution is -2.56. The Kier molecular flexibility index (Phi) is 4.87. The lowest BCUT2D eigenvalue weighted by Gasteiger charge is -2.59. The summed E-state index contributed by atoms with van der Waals surface area (Å²) in [6, 6.07) is 0. The molecule has 9 atom stereocenters. The fraction of sp³-hybridized carbons (Fsp3) is 0.783. The monoisotopic (exact) mass is 390 g/mol. The molecule has 0 heterocycles. The van der Waals surface area contributed by atoms with Crippen LogP contribution in [0.25, 0.3) is 0 Å². The normalized spacial score (nSPS) is 49.6. The molecule has 4 aliphatic rings. The van der Waals surface area contributed by atoms with Crippen LogP contribution in [-0.4, -0.2) is 34.5 Å². The van der Waals surface area contributed by atoms with Gasteiger partial charge in [-0.2, -0.15) is 0 Å². The van der Waals surface area contributed by atoms with E-state index in [9.17, 15) is 19.4 Å². The van der Waals surface area contributed by atoms with Gasteiger partial charge in [0.15, 0.2) is 0 Å². The van der Waals surface area contributed by atoms with Crippen molar-refractivity contribution in [3.8, 4) is 12.1 Å². The van der Waals surface area contributed by atoms with E-state index < -0.39 is 18.1 Å². The molecule has 2 N–H and O–H groups in total. The minimum absolute atomic E-state index is 0.105. The van der Waals surface area contributed by atoms with Crippen LogP contribution in [0, 0.1) is 46.6 Å². The fourth-order valence-electron chi connectivity index (χ4n) is 7.25. The molecule has 4 unspecified atom stereocenters. The van der Waals surface area contributed by atoms with Crippen molar-refractivity contribution in [2.75, 3.05) is 0 Å². The number of ether oxygens (including phenoxy) is 1. The first-order valence-corrected chi connectivity index (χ1v) is 10.6. The van der Waals surface area contributed by atoms with Gasteiger partial charge in [-0.3, -0.25) is 4.79 Å². The van der Waals surface area contributed by atoms with Gasteiger partial charge >= 0.3 is 5.97 Å². The van der Waals surface area contributed by atoms with Gasteiger partial charge in [-0.05, 0) is 72.7 Å². The number of aliphatic hydroxyl groups is 2. The van der Waals surface area contributed by atoms with E-state index in [1.54, 1.807) is 0 Å². The zero-order chi connectivity index (χ0) is 20.3. The van der Waals surface area contributed by atoms with Crippen molar-refractivity contribution >= 4 is 5.97 Å². The third kappa shape index (κ3) is 2.75. The molecule has 5 heteroatoms. The van der Waals surface area contributed by atoms with Crippen LogP contribution in [0.3, 0.4) is 0 Å². The van der Waals surface area contributed by atoms with Crippen LogP contribution in [0.5, 0.6) is 0 Å². The minimum Gasteiger partial charge on any atom is -0.461 e.